The molecule has 3 N–H and O–H groups in total. The molecule has 1 aromatic carbocycles. The first-order chi connectivity index (χ1) is 12.6. The fourth-order valence-corrected chi connectivity index (χ4v) is 2.61. The molecule has 2 aromatic rings. The third-order valence-corrected chi connectivity index (χ3v) is 4.12. The summed E-state index contributed by atoms with van der Waals surface area (Å²) < 4.78 is 45.2. The standard InChI is InChI=1S/C13H15BrN4O2.C2HF3O2/c1-19-13-4-8(14)2-3-9(13)11-5-18(17-16-11)12-7-20-6-10(12)15;3-2(4,5)1(6)7/h2-5,10,12H,6-7,15H2,1H3;(H,6,7)/t10-,12+;/m0./s1. The molecular weight excluding hydrogens is 437 g/mol. The van der Waals surface area contributed by atoms with Gasteiger partial charge < -0.3 is 20.3 Å². The largest absolute Gasteiger partial charge is 0.496 e. The van der Waals surface area contributed by atoms with E-state index in [4.69, 9.17) is 25.1 Å². The lowest BCUT2D eigenvalue weighted by Crippen LogP contribution is -2.31. The summed E-state index contributed by atoms with van der Waals surface area (Å²) in [5, 5.41) is 15.5. The molecule has 8 nitrogen and oxygen atoms in total. The summed E-state index contributed by atoms with van der Waals surface area (Å²) >= 11 is 3.42. The number of carboxylic acid groups (broad SMARTS) is 1. The number of benzene rings is 1. The number of halogens is 4. The summed E-state index contributed by atoms with van der Waals surface area (Å²) in [6.07, 6.45) is -3.20. The molecule has 1 fully saturated rings. The molecule has 1 aromatic heterocycles. The van der Waals surface area contributed by atoms with Gasteiger partial charge in [0.25, 0.3) is 0 Å². The molecule has 0 bridgehead atoms. The number of hydrogen-bond donors (Lipinski definition) is 2. The summed E-state index contributed by atoms with van der Waals surface area (Å²) in [5.41, 5.74) is 7.65. The van der Waals surface area contributed by atoms with Crippen molar-refractivity contribution < 1.29 is 32.5 Å². The van der Waals surface area contributed by atoms with Gasteiger partial charge in [0, 0.05) is 10.0 Å². The molecule has 3 rings (SSSR count). The molecule has 0 amide bonds. The van der Waals surface area contributed by atoms with Crippen LogP contribution >= 0.6 is 15.9 Å². The van der Waals surface area contributed by atoms with Gasteiger partial charge in [-0.2, -0.15) is 13.2 Å². The van der Waals surface area contributed by atoms with Crippen molar-refractivity contribution in [2.45, 2.75) is 18.3 Å². The number of nitrogens with two attached hydrogens (primary N) is 1. The number of methoxy groups -OCH3 is 1. The number of rotatable bonds is 3. The number of aromatic nitrogens is 3. The van der Waals surface area contributed by atoms with Gasteiger partial charge in [-0.1, -0.05) is 21.1 Å². The van der Waals surface area contributed by atoms with E-state index >= 15 is 0 Å². The molecule has 1 aliphatic rings. The SMILES string of the molecule is COc1cc(Br)ccc1-c1cn([C@@H]2COC[C@@H]2N)nn1.O=C(O)C(F)(F)F. The van der Waals surface area contributed by atoms with Crippen molar-refractivity contribution in [2.24, 2.45) is 5.73 Å². The number of alkyl halides is 3. The Bertz CT molecular complexity index is 800. The summed E-state index contributed by atoms with van der Waals surface area (Å²) in [4.78, 5) is 8.90. The first-order valence-corrected chi connectivity index (χ1v) is 8.32. The van der Waals surface area contributed by atoms with Crippen LogP contribution in [-0.2, 0) is 9.53 Å². The van der Waals surface area contributed by atoms with E-state index in [-0.39, 0.29) is 12.1 Å². The van der Waals surface area contributed by atoms with E-state index in [1.54, 1.807) is 11.8 Å². The zero-order chi connectivity index (χ0) is 20.2. The van der Waals surface area contributed by atoms with Gasteiger partial charge in [0.2, 0.25) is 0 Å². The Morgan fingerprint density at radius 2 is 2.11 bits per heavy atom. The summed E-state index contributed by atoms with van der Waals surface area (Å²) in [5.74, 6) is -2.01. The monoisotopic (exact) mass is 452 g/mol. The minimum Gasteiger partial charge on any atom is -0.496 e. The number of aliphatic carboxylic acids is 1. The van der Waals surface area contributed by atoms with Gasteiger partial charge >= 0.3 is 12.1 Å². The third-order valence-electron chi connectivity index (χ3n) is 3.63. The number of carbonyl (C=O) groups is 1. The first kappa shape index (κ1) is 21.1. The van der Waals surface area contributed by atoms with Gasteiger partial charge in [0.05, 0.1) is 38.6 Å². The molecule has 2 heterocycles. The molecule has 1 aliphatic heterocycles. The van der Waals surface area contributed by atoms with E-state index in [1.165, 1.54) is 0 Å². The number of ether oxygens (including phenoxy) is 2. The van der Waals surface area contributed by atoms with Crippen LogP contribution in [0.25, 0.3) is 11.3 Å². The van der Waals surface area contributed by atoms with Gasteiger partial charge in [0.1, 0.15) is 11.4 Å². The summed E-state index contributed by atoms with van der Waals surface area (Å²) in [6, 6.07) is 5.79. The van der Waals surface area contributed by atoms with Crippen LogP contribution in [-0.4, -0.2) is 58.6 Å². The zero-order valence-corrected chi connectivity index (χ0v) is 15.6. The normalized spacial score (nSPS) is 19.3. The van der Waals surface area contributed by atoms with Crippen LogP contribution in [0.4, 0.5) is 13.2 Å². The lowest BCUT2D eigenvalue weighted by atomic mass is 10.1. The minimum absolute atomic E-state index is 0.0395. The highest BCUT2D eigenvalue weighted by Crippen LogP contribution is 2.31. The van der Waals surface area contributed by atoms with Crippen LogP contribution in [0, 0.1) is 0 Å². The van der Waals surface area contributed by atoms with Crippen molar-refractivity contribution in [3.63, 3.8) is 0 Å². The highest BCUT2D eigenvalue weighted by Gasteiger charge is 2.38. The van der Waals surface area contributed by atoms with Gasteiger partial charge in [-0.25, -0.2) is 9.48 Å². The lowest BCUT2D eigenvalue weighted by Gasteiger charge is -2.12. The third kappa shape index (κ3) is 5.40. The Labute approximate surface area is 160 Å². The van der Waals surface area contributed by atoms with Gasteiger partial charge in [-0.15, -0.1) is 5.10 Å². The Balaban J connectivity index is 0.000000321. The second kappa shape index (κ2) is 8.67. The molecule has 0 unspecified atom stereocenters. The van der Waals surface area contributed by atoms with E-state index in [9.17, 15) is 13.2 Å². The molecule has 1 saturated heterocycles. The Hall–Kier alpha value is -2.18. The van der Waals surface area contributed by atoms with Crippen molar-refractivity contribution in [2.75, 3.05) is 20.3 Å². The van der Waals surface area contributed by atoms with Crippen LogP contribution in [0.3, 0.4) is 0 Å². The maximum absolute atomic E-state index is 10.6. The van der Waals surface area contributed by atoms with Crippen LogP contribution in [0.15, 0.2) is 28.9 Å². The number of nitrogens with zero attached hydrogens (tertiary/aromatic N) is 3. The average Bonchev–Trinajstić information content (AvgIpc) is 3.23. The van der Waals surface area contributed by atoms with Gasteiger partial charge in [-0.05, 0) is 18.2 Å². The summed E-state index contributed by atoms with van der Waals surface area (Å²) in [6.45, 7) is 1.13. The van der Waals surface area contributed by atoms with E-state index in [2.05, 4.69) is 26.2 Å². The highest BCUT2D eigenvalue weighted by molar-refractivity contribution is 9.10. The smallest absolute Gasteiger partial charge is 0.490 e. The molecule has 2 atom stereocenters. The minimum atomic E-state index is -5.08. The zero-order valence-electron chi connectivity index (χ0n) is 14.0. The summed E-state index contributed by atoms with van der Waals surface area (Å²) in [7, 11) is 1.64. The Morgan fingerprint density at radius 3 is 2.63 bits per heavy atom. The van der Waals surface area contributed by atoms with Gasteiger partial charge in [0.15, 0.2) is 0 Å². The molecule has 12 heteroatoms. The van der Waals surface area contributed by atoms with Crippen molar-refractivity contribution in [3.8, 4) is 17.0 Å². The molecular formula is C15H16BrF3N4O4. The maximum Gasteiger partial charge on any atom is 0.490 e. The molecule has 148 valence electrons. The lowest BCUT2D eigenvalue weighted by molar-refractivity contribution is -0.192. The highest BCUT2D eigenvalue weighted by atomic mass is 79.9. The molecule has 0 saturated carbocycles. The number of hydrogen-bond acceptors (Lipinski definition) is 6. The van der Waals surface area contributed by atoms with Crippen molar-refractivity contribution in [1.82, 2.24) is 15.0 Å². The van der Waals surface area contributed by atoms with Crippen molar-refractivity contribution in [3.05, 3.63) is 28.9 Å². The predicted octanol–water partition coefficient (Wildman–Crippen LogP) is 2.25. The maximum atomic E-state index is 10.6. The van der Waals surface area contributed by atoms with Crippen LogP contribution in [0.2, 0.25) is 0 Å². The molecule has 0 radical (unpaired) electrons. The molecule has 0 aliphatic carbocycles. The number of carboxylic acids is 1. The second-order valence-electron chi connectivity index (χ2n) is 5.50. The molecule has 0 spiro atoms. The topological polar surface area (TPSA) is 112 Å². The van der Waals surface area contributed by atoms with Crippen LogP contribution < -0.4 is 10.5 Å². The fourth-order valence-electron chi connectivity index (χ4n) is 2.27. The van der Waals surface area contributed by atoms with Crippen molar-refractivity contribution >= 4 is 21.9 Å². The van der Waals surface area contributed by atoms with Crippen LogP contribution in [0.1, 0.15) is 6.04 Å². The fraction of sp³-hybridized carbons (Fsp3) is 0.400. The quantitative estimate of drug-likeness (QED) is 0.733. The van der Waals surface area contributed by atoms with E-state index in [0.717, 1.165) is 21.5 Å². The van der Waals surface area contributed by atoms with E-state index < -0.39 is 12.1 Å². The predicted molar refractivity (Wildman–Crippen MR) is 91.2 cm³/mol. The van der Waals surface area contributed by atoms with E-state index in [1.807, 2.05) is 24.4 Å². The van der Waals surface area contributed by atoms with Crippen molar-refractivity contribution in [1.29, 1.82) is 0 Å². The van der Waals surface area contributed by atoms with Gasteiger partial charge in [-0.3, -0.25) is 0 Å². The average molecular weight is 453 g/mol. The van der Waals surface area contributed by atoms with E-state index in [0.29, 0.717) is 13.2 Å². The Morgan fingerprint density at radius 1 is 1.44 bits per heavy atom. The first-order valence-electron chi connectivity index (χ1n) is 7.52. The Kier molecular flexibility index (Phi) is 6.78. The molecule has 27 heavy (non-hydrogen) atoms. The van der Waals surface area contributed by atoms with Crippen LogP contribution in [0.5, 0.6) is 5.75 Å². The second-order valence-corrected chi connectivity index (χ2v) is 6.42.